The van der Waals surface area contributed by atoms with Gasteiger partial charge in [-0.05, 0) is 51.2 Å². The summed E-state index contributed by atoms with van der Waals surface area (Å²) in [4.78, 5) is 33.0. The van der Waals surface area contributed by atoms with Gasteiger partial charge in [0.15, 0.2) is 0 Å². The van der Waals surface area contributed by atoms with Gasteiger partial charge in [0.05, 0.1) is 16.8 Å². The smallest absolute Gasteiger partial charge is 0.258 e. The summed E-state index contributed by atoms with van der Waals surface area (Å²) in [6, 6.07) is 7.33. The topological polar surface area (TPSA) is 74.8 Å². The molecule has 25 heavy (non-hydrogen) atoms. The van der Waals surface area contributed by atoms with Gasteiger partial charge in [-0.2, -0.15) is 0 Å². The number of hydrogen-bond donors (Lipinski definition) is 2. The number of H-pyrrole nitrogens is 1. The molecule has 1 saturated carbocycles. The summed E-state index contributed by atoms with van der Waals surface area (Å²) < 4.78 is 0. The quantitative estimate of drug-likeness (QED) is 0.828. The van der Waals surface area contributed by atoms with Crippen molar-refractivity contribution in [3.8, 4) is 0 Å². The monoisotopic (exact) mass is 337 g/mol. The predicted molar refractivity (Wildman–Crippen MR) is 97.2 cm³/mol. The second-order valence-electron chi connectivity index (χ2n) is 8.21. The van der Waals surface area contributed by atoms with Crippen molar-refractivity contribution in [3.63, 3.8) is 0 Å². The molecule has 2 N–H and O–H groups in total. The molecule has 4 unspecified atom stereocenters. The lowest BCUT2D eigenvalue weighted by atomic mass is 9.81. The van der Waals surface area contributed by atoms with Crippen molar-refractivity contribution >= 4 is 16.8 Å². The van der Waals surface area contributed by atoms with Crippen LogP contribution in [0.15, 0.2) is 41.2 Å². The third kappa shape index (κ3) is 2.77. The van der Waals surface area contributed by atoms with Crippen LogP contribution in [0.1, 0.15) is 38.9 Å². The minimum atomic E-state index is -0.280. The van der Waals surface area contributed by atoms with E-state index in [0.29, 0.717) is 16.7 Å². The first kappa shape index (κ1) is 16.1. The normalized spacial score (nSPS) is 27.8. The highest BCUT2D eigenvalue weighted by molar-refractivity contribution is 5.82. The standard InChI is InChI=1S/C20H23N3O2/c1-20(2,3)23-19(25)16-12-9-8-11(10-12)15(16)17-21-14-7-5-4-6-13(14)18(24)22-17/h4-9,11-12,15-16H,10H2,1-3H3,(H,23,25)(H,21,22,24). The van der Waals surface area contributed by atoms with Crippen LogP contribution < -0.4 is 10.9 Å². The van der Waals surface area contributed by atoms with Gasteiger partial charge in [-0.15, -0.1) is 0 Å². The number of nitrogens with zero attached hydrogens (tertiary/aromatic N) is 1. The number of fused-ring (bicyclic) bond motifs is 3. The molecule has 2 bridgehead atoms. The zero-order valence-electron chi connectivity index (χ0n) is 14.7. The fourth-order valence-corrected chi connectivity index (χ4v) is 4.27. The first-order chi connectivity index (χ1) is 11.8. The van der Waals surface area contributed by atoms with Crippen LogP contribution in [-0.4, -0.2) is 21.4 Å². The maximum atomic E-state index is 12.9. The van der Waals surface area contributed by atoms with Gasteiger partial charge >= 0.3 is 0 Å². The molecule has 1 aromatic carbocycles. The number of carbonyl (C=O) groups excluding carboxylic acids is 1. The van der Waals surface area contributed by atoms with E-state index in [4.69, 9.17) is 4.98 Å². The summed E-state index contributed by atoms with van der Waals surface area (Å²) >= 11 is 0. The Morgan fingerprint density at radius 2 is 1.92 bits per heavy atom. The lowest BCUT2D eigenvalue weighted by molar-refractivity contribution is -0.127. The Balaban J connectivity index is 1.76. The molecular weight excluding hydrogens is 314 g/mol. The molecule has 0 aliphatic heterocycles. The highest BCUT2D eigenvalue weighted by Crippen LogP contribution is 2.52. The third-order valence-electron chi connectivity index (χ3n) is 5.21. The van der Waals surface area contributed by atoms with Crippen molar-refractivity contribution in [1.82, 2.24) is 15.3 Å². The third-order valence-corrected chi connectivity index (χ3v) is 5.21. The van der Waals surface area contributed by atoms with E-state index in [9.17, 15) is 9.59 Å². The van der Waals surface area contributed by atoms with Crippen molar-refractivity contribution in [2.75, 3.05) is 0 Å². The van der Waals surface area contributed by atoms with E-state index in [-0.39, 0.29) is 40.7 Å². The van der Waals surface area contributed by atoms with E-state index >= 15 is 0 Å². The van der Waals surface area contributed by atoms with Crippen molar-refractivity contribution < 1.29 is 4.79 Å². The van der Waals surface area contributed by atoms with Gasteiger partial charge in [0, 0.05) is 11.5 Å². The van der Waals surface area contributed by atoms with Crippen LogP contribution in [0.3, 0.4) is 0 Å². The van der Waals surface area contributed by atoms with E-state index in [1.165, 1.54) is 0 Å². The van der Waals surface area contributed by atoms with Crippen molar-refractivity contribution in [2.45, 2.75) is 38.6 Å². The van der Waals surface area contributed by atoms with Crippen LogP contribution in [0.2, 0.25) is 0 Å². The molecule has 1 amide bonds. The molecule has 1 aromatic heterocycles. The summed E-state index contributed by atoms with van der Waals surface area (Å²) in [7, 11) is 0. The minimum Gasteiger partial charge on any atom is -0.351 e. The summed E-state index contributed by atoms with van der Waals surface area (Å²) in [6.45, 7) is 5.96. The van der Waals surface area contributed by atoms with Crippen LogP contribution in [0.5, 0.6) is 0 Å². The number of para-hydroxylation sites is 1. The molecule has 4 atom stereocenters. The summed E-state index contributed by atoms with van der Waals surface area (Å²) in [5.74, 6) is 0.895. The van der Waals surface area contributed by atoms with E-state index in [0.717, 1.165) is 6.42 Å². The lowest BCUT2D eigenvalue weighted by Gasteiger charge is -2.30. The van der Waals surface area contributed by atoms with Gasteiger partial charge in [-0.1, -0.05) is 24.3 Å². The van der Waals surface area contributed by atoms with Gasteiger partial charge in [-0.25, -0.2) is 4.98 Å². The van der Waals surface area contributed by atoms with Gasteiger partial charge in [0.2, 0.25) is 5.91 Å². The van der Waals surface area contributed by atoms with Crippen LogP contribution in [0.4, 0.5) is 0 Å². The molecule has 130 valence electrons. The Labute approximate surface area is 146 Å². The van der Waals surface area contributed by atoms with Crippen LogP contribution in [0, 0.1) is 17.8 Å². The molecule has 2 aliphatic carbocycles. The average Bonchev–Trinajstić information content (AvgIpc) is 3.14. The predicted octanol–water partition coefficient (Wildman–Crippen LogP) is 2.74. The molecule has 1 heterocycles. The van der Waals surface area contributed by atoms with Gasteiger partial charge in [-0.3, -0.25) is 9.59 Å². The molecule has 1 fully saturated rings. The number of hydrogen-bond acceptors (Lipinski definition) is 3. The van der Waals surface area contributed by atoms with E-state index in [1.807, 2.05) is 39.0 Å². The average molecular weight is 337 g/mol. The number of rotatable bonds is 2. The Kier molecular flexibility index (Phi) is 3.56. The molecular formula is C20H23N3O2. The minimum absolute atomic E-state index is 0.0464. The summed E-state index contributed by atoms with van der Waals surface area (Å²) in [5.41, 5.74) is 0.266. The molecule has 5 nitrogen and oxygen atoms in total. The number of allylic oxidation sites excluding steroid dienone is 2. The van der Waals surface area contributed by atoms with Gasteiger partial charge in [0.25, 0.3) is 5.56 Å². The zero-order valence-corrected chi connectivity index (χ0v) is 14.7. The number of benzene rings is 1. The van der Waals surface area contributed by atoms with E-state index in [1.54, 1.807) is 6.07 Å². The van der Waals surface area contributed by atoms with Crippen molar-refractivity contribution in [3.05, 3.63) is 52.6 Å². The Morgan fingerprint density at radius 3 is 2.68 bits per heavy atom. The number of aromatic amines is 1. The summed E-state index contributed by atoms with van der Waals surface area (Å²) in [5, 5.41) is 3.69. The van der Waals surface area contributed by atoms with E-state index < -0.39 is 0 Å². The second kappa shape index (κ2) is 5.55. The first-order valence-corrected chi connectivity index (χ1v) is 8.83. The second-order valence-corrected chi connectivity index (χ2v) is 8.21. The molecule has 2 aromatic rings. The highest BCUT2D eigenvalue weighted by Gasteiger charge is 2.50. The van der Waals surface area contributed by atoms with Gasteiger partial charge < -0.3 is 10.3 Å². The lowest BCUT2D eigenvalue weighted by Crippen LogP contribution is -2.46. The van der Waals surface area contributed by atoms with Crippen molar-refractivity contribution in [1.29, 1.82) is 0 Å². The number of carbonyl (C=O) groups is 1. The Hall–Kier alpha value is -2.43. The zero-order chi connectivity index (χ0) is 17.8. The first-order valence-electron chi connectivity index (χ1n) is 8.83. The van der Waals surface area contributed by atoms with E-state index in [2.05, 4.69) is 22.5 Å². The number of nitrogens with one attached hydrogen (secondary N) is 2. The fraction of sp³-hybridized carbons (Fsp3) is 0.450. The molecule has 5 heteroatoms. The number of amides is 1. The SMILES string of the molecule is CC(C)(C)NC(=O)C1C2C=CC(C2)C1c1nc2ccccc2c(=O)[nH]1. The maximum Gasteiger partial charge on any atom is 0.258 e. The highest BCUT2D eigenvalue weighted by atomic mass is 16.2. The van der Waals surface area contributed by atoms with Gasteiger partial charge in [0.1, 0.15) is 5.82 Å². The van der Waals surface area contributed by atoms with Crippen LogP contribution in [-0.2, 0) is 4.79 Å². The maximum absolute atomic E-state index is 12.9. The summed E-state index contributed by atoms with van der Waals surface area (Å²) in [6.07, 6.45) is 5.27. The fourth-order valence-electron chi connectivity index (χ4n) is 4.27. The Morgan fingerprint density at radius 1 is 1.20 bits per heavy atom. The molecule has 4 rings (SSSR count). The van der Waals surface area contributed by atoms with Crippen molar-refractivity contribution in [2.24, 2.45) is 17.8 Å². The van der Waals surface area contributed by atoms with Crippen LogP contribution >= 0.6 is 0 Å². The van der Waals surface area contributed by atoms with Crippen LogP contribution in [0.25, 0.3) is 10.9 Å². The molecule has 0 spiro atoms. The Bertz CT molecular complexity index is 922. The molecule has 2 aliphatic rings. The molecule has 0 saturated heterocycles. The number of aromatic nitrogens is 2. The molecule has 0 radical (unpaired) electrons. The largest absolute Gasteiger partial charge is 0.351 e.